The number of carbonyl (C=O) groups excluding carboxylic acids is 2. The summed E-state index contributed by atoms with van der Waals surface area (Å²) in [5, 5.41) is 0. The predicted molar refractivity (Wildman–Crippen MR) is 84.1 cm³/mol. The van der Waals surface area contributed by atoms with Crippen molar-refractivity contribution in [2.45, 2.75) is 44.6 Å². The largest absolute Gasteiger partial charge is 0.341 e. The molecule has 2 saturated heterocycles. The van der Waals surface area contributed by atoms with E-state index < -0.39 is 22.0 Å². The molecule has 2 heterocycles. The minimum Gasteiger partial charge on any atom is -0.319 e. The molecule has 23 heavy (non-hydrogen) atoms. The molecule has 1 atom stereocenters. The second-order valence-corrected chi connectivity index (χ2v) is 8.82. The minimum atomic E-state index is -4.17. The zero-order valence-electron chi connectivity index (χ0n) is 13.4. The van der Waals surface area contributed by atoms with Crippen molar-refractivity contribution in [3.8, 4) is 0 Å². The summed E-state index contributed by atoms with van der Waals surface area (Å²) in [6.07, 6.45) is 0.767. The van der Waals surface area contributed by atoms with E-state index in [1.165, 1.54) is 11.0 Å². The fourth-order valence-corrected chi connectivity index (χ4v) is 5.07. The van der Waals surface area contributed by atoms with Crippen molar-refractivity contribution in [1.82, 2.24) is 9.21 Å². The van der Waals surface area contributed by atoms with E-state index in [0.29, 0.717) is 22.8 Å². The maximum atomic E-state index is 12.8. The van der Waals surface area contributed by atoms with Gasteiger partial charge < -0.3 is 4.90 Å². The summed E-state index contributed by atoms with van der Waals surface area (Å²) in [4.78, 5) is 26.6. The van der Waals surface area contributed by atoms with Crippen LogP contribution in [0.25, 0.3) is 0 Å². The molecule has 2 aliphatic heterocycles. The van der Waals surface area contributed by atoms with Gasteiger partial charge in [0.05, 0.1) is 4.90 Å². The minimum absolute atomic E-state index is 0.00129. The highest BCUT2D eigenvalue weighted by atomic mass is 32.2. The van der Waals surface area contributed by atoms with Gasteiger partial charge in [0.1, 0.15) is 0 Å². The Bertz CT molecular complexity index is 785. The smallest absolute Gasteiger partial charge is 0.319 e. The number of imide groups is 1. The molecule has 2 fully saturated rings. The monoisotopic (exact) mass is 336 g/mol. The van der Waals surface area contributed by atoms with Gasteiger partial charge in [-0.2, -0.15) is 4.31 Å². The molecular weight excluding hydrogens is 316 g/mol. The third-order valence-electron chi connectivity index (χ3n) is 4.50. The van der Waals surface area contributed by atoms with Crippen molar-refractivity contribution in [2.24, 2.45) is 5.41 Å². The Labute approximate surface area is 136 Å². The average Bonchev–Trinajstić information content (AvgIpc) is 2.73. The zero-order chi connectivity index (χ0) is 17.0. The van der Waals surface area contributed by atoms with Gasteiger partial charge in [-0.1, -0.05) is 32.0 Å². The average molecular weight is 336 g/mol. The maximum Gasteiger partial charge on any atom is 0.341 e. The second-order valence-electron chi connectivity index (χ2n) is 7.07. The van der Waals surface area contributed by atoms with Crippen molar-refractivity contribution in [3.63, 3.8) is 0 Å². The first-order valence-corrected chi connectivity index (χ1v) is 9.02. The van der Waals surface area contributed by atoms with Gasteiger partial charge in [0.15, 0.2) is 0 Å². The Kier molecular flexibility index (Phi) is 3.51. The molecule has 0 aromatic heterocycles. The van der Waals surface area contributed by atoms with Crippen LogP contribution in [0.1, 0.15) is 32.3 Å². The standard InChI is InChI=1S/C16H20N2O4S/c1-11-6-4-5-7-13(11)23(21,22)18-14(19)8-12-9-16(2,3)10-17(12)15(18)20/h4-7,12H,8-10H2,1-3H3/t12-/m1/s1. The number of fused-ring (bicyclic) bond motifs is 1. The van der Waals surface area contributed by atoms with Crippen LogP contribution in [0.5, 0.6) is 0 Å². The third kappa shape index (κ3) is 2.52. The second kappa shape index (κ2) is 5.06. The van der Waals surface area contributed by atoms with E-state index in [2.05, 4.69) is 0 Å². The number of benzene rings is 1. The van der Waals surface area contributed by atoms with Crippen LogP contribution in [0, 0.1) is 12.3 Å². The fourth-order valence-electron chi connectivity index (χ4n) is 3.50. The maximum absolute atomic E-state index is 12.8. The molecule has 0 radical (unpaired) electrons. The van der Waals surface area contributed by atoms with Gasteiger partial charge in [0.2, 0.25) is 5.91 Å². The van der Waals surface area contributed by atoms with E-state index in [1.807, 2.05) is 13.8 Å². The van der Waals surface area contributed by atoms with Gasteiger partial charge in [0.25, 0.3) is 10.0 Å². The van der Waals surface area contributed by atoms with Crippen LogP contribution < -0.4 is 0 Å². The summed E-state index contributed by atoms with van der Waals surface area (Å²) in [7, 11) is -4.17. The van der Waals surface area contributed by atoms with Crippen molar-refractivity contribution < 1.29 is 18.0 Å². The van der Waals surface area contributed by atoms with Crippen molar-refractivity contribution in [2.75, 3.05) is 6.54 Å². The van der Waals surface area contributed by atoms with E-state index in [1.54, 1.807) is 25.1 Å². The molecule has 1 aromatic carbocycles. The summed E-state index contributed by atoms with van der Waals surface area (Å²) in [5.74, 6) is -0.641. The first kappa shape index (κ1) is 16.0. The highest BCUT2D eigenvalue weighted by Gasteiger charge is 2.51. The highest BCUT2D eigenvalue weighted by molar-refractivity contribution is 7.90. The highest BCUT2D eigenvalue weighted by Crippen LogP contribution is 2.39. The first-order chi connectivity index (χ1) is 10.6. The molecule has 0 aliphatic carbocycles. The summed E-state index contributed by atoms with van der Waals surface area (Å²) >= 11 is 0. The summed E-state index contributed by atoms with van der Waals surface area (Å²) in [6, 6.07) is 5.44. The van der Waals surface area contributed by atoms with Crippen LogP contribution in [0.2, 0.25) is 0 Å². The number of rotatable bonds is 2. The summed E-state index contributed by atoms with van der Waals surface area (Å²) in [5.41, 5.74) is 0.403. The quantitative estimate of drug-likeness (QED) is 0.829. The molecule has 6 nitrogen and oxygen atoms in total. The third-order valence-corrected chi connectivity index (χ3v) is 6.35. The van der Waals surface area contributed by atoms with Crippen LogP contribution in [-0.4, -0.2) is 42.1 Å². The topological polar surface area (TPSA) is 74.8 Å². The number of sulfonamides is 1. The molecule has 124 valence electrons. The number of aryl methyl sites for hydroxylation is 1. The lowest BCUT2D eigenvalue weighted by molar-refractivity contribution is -0.127. The molecule has 0 N–H and O–H groups in total. The van der Waals surface area contributed by atoms with Crippen molar-refractivity contribution >= 4 is 22.0 Å². The molecule has 3 amide bonds. The van der Waals surface area contributed by atoms with Crippen LogP contribution in [0.3, 0.4) is 0 Å². The van der Waals surface area contributed by atoms with Crippen molar-refractivity contribution in [1.29, 1.82) is 0 Å². The number of hydrogen-bond acceptors (Lipinski definition) is 4. The van der Waals surface area contributed by atoms with Gasteiger partial charge in [-0.15, -0.1) is 0 Å². The van der Waals surface area contributed by atoms with Gasteiger partial charge >= 0.3 is 6.03 Å². The Hall–Kier alpha value is -1.89. The SMILES string of the molecule is Cc1ccccc1S(=O)(=O)N1C(=O)C[C@@H]2CC(C)(C)CN2C1=O. The number of nitrogens with zero attached hydrogens (tertiary/aromatic N) is 2. The van der Waals surface area contributed by atoms with Crippen LogP contribution >= 0.6 is 0 Å². The number of urea groups is 1. The molecule has 0 saturated carbocycles. The molecule has 1 aromatic rings. The normalized spacial score (nSPS) is 24.0. The Morgan fingerprint density at radius 2 is 1.83 bits per heavy atom. The van der Waals surface area contributed by atoms with Crippen LogP contribution in [0.4, 0.5) is 4.79 Å². The number of carbonyl (C=O) groups is 2. The summed E-state index contributed by atoms with van der Waals surface area (Å²) in [6.45, 7) is 6.14. The number of amides is 3. The van der Waals surface area contributed by atoms with Crippen LogP contribution in [0.15, 0.2) is 29.2 Å². The lowest BCUT2D eigenvalue weighted by Crippen LogP contribution is -2.56. The molecule has 7 heteroatoms. The van der Waals surface area contributed by atoms with E-state index in [-0.39, 0.29) is 22.8 Å². The van der Waals surface area contributed by atoms with E-state index in [9.17, 15) is 18.0 Å². The number of hydrogen-bond donors (Lipinski definition) is 0. The molecule has 0 unspecified atom stereocenters. The zero-order valence-corrected chi connectivity index (χ0v) is 14.3. The lowest BCUT2D eigenvalue weighted by Gasteiger charge is -2.35. The fraction of sp³-hybridized carbons (Fsp3) is 0.500. The van der Waals surface area contributed by atoms with Crippen molar-refractivity contribution in [3.05, 3.63) is 29.8 Å². The van der Waals surface area contributed by atoms with E-state index in [4.69, 9.17) is 0 Å². The van der Waals surface area contributed by atoms with Gasteiger partial charge in [-0.25, -0.2) is 13.2 Å². The van der Waals surface area contributed by atoms with Crippen LogP contribution in [-0.2, 0) is 14.8 Å². The Morgan fingerprint density at radius 1 is 1.17 bits per heavy atom. The first-order valence-electron chi connectivity index (χ1n) is 7.58. The van der Waals surface area contributed by atoms with Gasteiger partial charge in [-0.3, -0.25) is 4.79 Å². The van der Waals surface area contributed by atoms with E-state index in [0.717, 1.165) is 0 Å². The lowest BCUT2D eigenvalue weighted by atomic mass is 9.90. The molecule has 3 rings (SSSR count). The molecule has 0 bridgehead atoms. The Balaban J connectivity index is 2.02. The molecular formula is C16H20N2O4S. The molecule has 2 aliphatic rings. The van der Waals surface area contributed by atoms with E-state index >= 15 is 0 Å². The van der Waals surface area contributed by atoms with Gasteiger partial charge in [-0.05, 0) is 30.4 Å². The molecule has 0 spiro atoms. The van der Waals surface area contributed by atoms with Gasteiger partial charge in [0, 0.05) is 19.0 Å². The predicted octanol–water partition coefficient (Wildman–Crippen LogP) is 2.14. The Morgan fingerprint density at radius 3 is 2.48 bits per heavy atom. The summed E-state index contributed by atoms with van der Waals surface area (Å²) < 4.78 is 26.1.